The number of nitrogens with zero attached hydrogens (tertiary/aromatic N) is 7. The van der Waals surface area contributed by atoms with Gasteiger partial charge in [-0.25, -0.2) is 14.6 Å². The van der Waals surface area contributed by atoms with Gasteiger partial charge in [0.05, 0.1) is 18.7 Å². The minimum Gasteiger partial charge on any atom is -0.370 e. The summed E-state index contributed by atoms with van der Waals surface area (Å²) in [6, 6.07) is 5.16. The Morgan fingerprint density at radius 1 is 1.14 bits per heavy atom. The SMILES string of the molecule is CN(C(=O)COCCn1nnc2ccc(C(N)=O)cc21)C1CCN(c2ncc(C3CCC3)cn2)CC1. The highest BCUT2D eigenvalue weighted by molar-refractivity contribution is 5.96. The zero-order valence-electron chi connectivity index (χ0n) is 20.5. The predicted octanol–water partition coefficient (Wildman–Crippen LogP) is 1.73. The fourth-order valence-electron chi connectivity index (χ4n) is 4.80. The molecule has 2 aromatic heterocycles. The molecule has 3 heterocycles. The first-order valence-electron chi connectivity index (χ1n) is 12.5. The molecule has 2 fully saturated rings. The van der Waals surface area contributed by atoms with Gasteiger partial charge in [0.25, 0.3) is 0 Å². The van der Waals surface area contributed by atoms with E-state index in [1.807, 2.05) is 19.4 Å². The molecule has 11 nitrogen and oxygen atoms in total. The molecule has 0 atom stereocenters. The van der Waals surface area contributed by atoms with Gasteiger partial charge in [-0.1, -0.05) is 11.6 Å². The third-order valence-corrected chi connectivity index (χ3v) is 7.39. The van der Waals surface area contributed by atoms with Crippen molar-refractivity contribution < 1.29 is 14.3 Å². The summed E-state index contributed by atoms with van der Waals surface area (Å²) in [4.78, 5) is 37.3. The molecule has 3 aromatic rings. The first-order valence-corrected chi connectivity index (χ1v) is 12.5. The van der Waals surface area contributed by atoms with Gasteiger partial charge in [-0.05, 0) is 55.4 Å². The molecule has 0 radical (unpaired) electrons. The van der Waals surface area contributed by atoms with E-state index in [0.717, 1.165) is 31.9 Å². The zero-order chi connectivity index (χ0) is 25.1. The molecule has 1 saturated carbocycles. The number of hydrogen-bond acceptors (Lipinski definition) is 8. The molecular formula is C25H32N8O3. The van der Waals surface area contributed by atoms with Crippen LogP contribution in [0.15, 0.2) is 30.6 Å². The number of aromatic nitrogens is 5. The second-order valence-corrected chi connectivity index (χ2v) is 9.60. The maximum absolute atomic E-state index is 12.7. The van der Waals surface area contributed by atoms with Crippen molar-refractivity contribution in [2.45, 2.75) is 50.6 Å². The number of amides is 2. The van der Waals surface area contributed by atoms with Crippen molar-refractivity contribution in [2.75, 3.05) is 38.3 Å². The Labute approximate surface area is 209 Å². The van der Waals surface area contributed by atoms with E-state index >= 15 is 0 Å². The first-order chi connectivity index (χ1) is 17.5. The van der Waals surface area contributed by atoms with Gasteiger partial charge in [0, 0.05) is 44.1 Å². The van der Waals surface area contributed by atoms with Crippen LogP contribution in [0.2, 0.25) is 0 Å². The summed E-state index contributed by atoms with van der Waals surface area (Å²) in [5, 5.41) is 8.18. The van der Waals surface area contributed by atoms with Gasteiger partial charge >= 0.3 is 0 Å². The second kappa shape index (κ2) is 10.6. The average Bonchev–Trinajstić information content (AvgIpc) is 3.28. The lowest BCUT2D eigenvalue weighted by Crippen LogP contribution is -2.47. The fraction of sp³-hybridized carbons (Fsp3) is 0.520. The van der Waals surface area contributed by atoms with Crippen LogP contribution in [0.1, 0.15) is 53.9 Å². The summed E-state index contributed by atoms with van der Waals surface area (Å²) < 4.78 is 7.29. The van der Waals surface area contributed by atoms with Crippen LogP contribution in [0, 0.1) is 0 Å². The summed E-state index contributed by atoms with van der Waals surface area (Å²) in [5.41, 5.74) is 8.38. The number of primary amides is 1. The Kier molecular flexibility index (Phi) is 7.08. The van der Waals surface area contributed by atoms with Crippen molar-refractivity contribution in [3.05, 3.63) is 41.7 Å². The first kappa shape index (κ1) is 24.1. The topological polar surface area (TPSA) is 132 Å². The minimum absolute atomic E-state index is 0.00161. The number of carbonyl (C=O) groups is 2. The lowest BCUT2D eigenvalue weighted by Gasteiger charge is -2.36. The van der Waals surface area contributed by atoms with Crippen LogP contribution in [0.3, 0.4) is 0 Å². The Bertz CT molecular complexity index is 1220. The Hall–Kier alpha value is -3.60. The summed E-state index contributed by atoms with van der Waals surface area (Å²) >= 11 is 0. The standard InChI is InChI=1S/C25H32N8O3/c1-31(20-7-9-32(10-8-20)25-27-14-19(15-28-25)17-3-2-4-17)23(34)16-36-12-11-33-22-13-18(24(26)35)5-6-21(22)29-30-33/h5-6,13-15,17,20H,2-4,7-12,16H2,1H3,(H2,26,35). The van der Waals surface area contributed by atoms with Gasteiger partial charge in [-0.2, -0.15) is 0 Å². The Morgan fingerprint density at radius 2 is 1.89 bits per heavy atom. The second-order valence-electron chi connectivity index (χ2n) is 9.60. The highest BCUT2D eigenvalue weighted by atomic mass is 16.5. The monoisotopic (exact) mass is 492 g/mol. The molecule has 2 N–H and O–H groups in total. The number of nitrogens with two attached hydrogens (primary N) is 1. The number of hydrogen-bond donors (Lipinski definition) is 1. The fourth-order valence-corrected chi connectivity index (χ4v) is 4.80. The molecule has 1 aliphatic carbocycles. The molecule has 0 unspecified atom stereocenters. The number of benzene rings is 1. The van der Waals surface area contributed by atoms with Crippen LogP contribution >= 0.6 is 0 Å². The summed E-state index contributed by atoms with van der Waals surface area (Å²) in [6.45, 7) is 2.35. The summed E-state index contributed by atoms with van der Waals surface area (Å²) in [6.07, 6.45) is 9.47. The summed E-state index contributed by atoms with van der Waals surface area (Å²) in [7, 11) is 1.84. The lowest BCUT2D eigenvalue weighted by atomic mass is 9.81. The van der Waals surface area contributed by atoms with Crippen molar-refractivity contribution in [3.63, 3.8) is 0 Å². The molecule has 1 aliphatic heterocycles. The van der Waals surface area contributed by atoms with Crippen LogP contribution in [0.4, 0.5) is 5.95 Å². The number of rotatable bonds is 9. The van der Waals surface area contributed by atoms with E-state index in [9.17, 15) is 9.59 Å². The minimum atomic E-state index is -0.505. The van der Waals surface area contributed by atoms with E-state index in [4.69, 9.17) is 10.5 Å². The number of anilines is 1. The quantitative estimate of drug-likeness (QED) is 0.447. The van der Waals surface area contributed by atoms with Crippen molar-refractivity contribution in [1.29, 1.82) is 0 Å². The third-order valence-electron chi connectivity index (χ3n) is 7.39. The summed E-state index contributed by atoms with van der Waals surface area (Å²) in [5.74, 6) is 0.859. The molecular weight excluding hydrogens is 460 g/mol. The average molecular weight is 493 g/mol. The van der Waals surface area contributed by atoms with Gasteiger partial charge in [0.2, 0.25) is 17.8 Å². The van der Waals surface area contributed by atoms with Gasteiger partial charge < -0.3 is 20.3 Å². The largest absolute Gasteiger partial charge is 0.370 e. The van der Waals surface area contributed by atoms with Crippen molar-refractivity contribution in [3.8, 4) is 0 Å². The number of carbonyl (C=O) groups excluding carboxylic acids is 2. The molecule has 2 aliphatic rings. The lowest BCUT2D eigenvalue weighted by molar-refractivity contribution is -0.137. The zero-order valence-corrected chi connectivity index (χ0v) is 20.5. The molecule has 0 spiro atoms. The van der Waals surface area contributed by atoms with E-state index in [1.54, 1.807) is 27.8 Å². The van der Waals surface area contributed by atoms with Gasteiger partial charge in [0.1, 0.15) is 12.1 Å². The normalized spacial score (nSPS) is 16.8. The van der Waals surface area contributed by atoms with Gasteiger partial charge in [-0.15, -0.1) is 5.10 Å². The number of likely N-dealkylation sites (N-methyl/N-ethyl adjacent to an activating group) is 1. The van der Waals surface area contributed by atoms with Crippen molar-refractivity contribution >= 4 is 28.8 Å². The molecule has 36 heavy (non-hydrogen) atoms. The van der Waals surface area contributed by atoms with Crippen LogP contribution in [0.25, 0.3) is 11.0 Å². The van der Waals surface area contributed by atoms with E-state index in [-0.39, 0.29) is 18.6 Å². The third kappa shape index (κ3) is 5.15. The highest BCUT2D eigenvalue weighted by Gasteiger charge is 2.27. The molecule has 11 heteroatoms. The van der Waals surface area contributed by atoms with E-state index in [1.165, 1.54) is 24.8 Å². The van der Waals surface area contributed by atoms with E-state index in [2.05, 4.69) is 25.2 Å². The van der Waals surface area contributed by atoms with E-state index in [0.29, 0.717) is 35.7 Å². The van der Waals surface area contributed by atoms with Gasteiger partial charge in [-0.3, -0.25) is 9.59 Å². The predicted molar refractivity (Wildman–Crippen MR) is 133 cm³/mol. The molecule has 1 saturated heterocycles. The number of piperidine rings is 1. The van der Waals surface area contributed by atoms with Crippen LogP contribution in [0.5, 0.6) is 0 Å². The van der Waals surface area contributed by atoms with E-state index < -0.39 is 5.91 Å². The Morgan fingerprint density at radius 3 is 2.56 bits per heavy atom. The molecule has 190 valence electrons. The Balaban J connectivity index is 1.06. The van der Waals surface area contributed by atoms with Crippen LogP contribution in [-0.4, -0.2) is 81.1 Å². The molecule has 5 rings (SSSR count). The highest BCUT2D eigenvalue weighted by Crippen LogP contribution is 2.35. The van der Waals surface area contributed by atoms with Gasteiger partial charge in [0.15, 0.2) is 0 Å². The van der Waals surface area contributed by atoms with Crippen molar-refractivity contribution in [2.24, 2.45) is 5.73 Å². The number of fused-ring (bicyclic) bond motifs is 1. The maximum Gasteiger partial charge on any atom is 0.248 e. The molecule has 2 amide bonds. The molecule has 0 bridgehead atoms. The van der Waals surface area contributed by atoms with Crippen molar-refractivity contribution in [1.82, 2.24) is 29.9 Å². The number of ether oxygens (including phenoxy) is 1. The smallest absolute Gasteiger partial charge is 0.248 e. The molecule has 1 aromatic carbocycles. The maximum atomic E-state index is 12.7. The van der Waals surface area contributed by atoms with Crippen LogP contribution in [-0.2, 0) is 16.1 Å². The van der Waals surface area contributed by atoms with Crippen LogP contribution < -0.4 is 10.6 Å².